The maximum Gasteiger partial charge on any atom is 0.254 e. The number of fused-ring (bicyclic) bond motifs is 1. The molecule has 3 aromatic carbocycles. The van der Waals surface area contributed by atoms with Gasteiger partial charge in [0, 0.05) is 124 Å². The Morgan fingerprint density at radius 2 is 1.77 bits per heavy atom. The smallest absolute Gasteiger partial charge is 0.254 e. The molecule has 4 N–H and O–H groups in total. The average molecular weight is 822 g/mol. The fourth-order valence-corrected chi connectivity index (χ4v) is 9.60. The van der Waals surface area contributed by atoms with Gasteiger partial charge in [-0.3, -0.25) is 10.1 Å². The molecule has 0 aliphatic carbocycles. The number of hydrogen-bond acceptors (Lipinski definition) is 9. The zero-order valence-corrected chi connectivity index (χ0v) is 33.7. The summed E-state index contributed by atoms with van der Waals surface area (Å²) < 4.78 is 66.7. The summed E-state index contributed by atoms with van der Waals surface area (Å²) in [4.78, 5) is 21.0. The summed E-state index contributed by atoms with van der Waals surface area (Å²) in [7, 11) is 0. The van der Waals surface area contributed by atoms with E-state index in [1.54, 1.807) is 42.6 Å². The van der Waals surface area contributed by atoms with Gasteiger partial charge in [-0.05, 0) is 86.7 Å². The highest BCUT2D eigenvalue weighted by molar-refractivity contribution is 5.94. The number of benzene rings is 3. The normalized spacial score (nSPS) is 23.2. The van der Waals surface area contributed by atoms with Crippen LogP contribution in [0.15, 0.2) is 79.1 Å². The van der Waals surface area contributed by atoms with Gasteiger partial charge in [0.2, 0.25) is 0 Å². The molecule has 4 aliphatic heterocycles. The lowest BCUT2D eigenvalue weighted by molar-refractivity contribution is 0.0158. The number of anilines is 3. The van der Waals surface area contributed by atoms with E-state index in [-0.39, 0.29) is 67.8 Å². The summed E-state index contributed by atoms with van der Waals surface area (Å²) >= 11 is 0. The number of aromatic hydroxyl groups is 1. The minimum absolute atomic E-state index is 0.0433. The standard InChI is InChI=1S/C46H52F3N9O2/c1-30-26-58(40-10-9-34(24-36(30)40)57-17-5-15-51-29-57)33-11-18-54(19-12-33)28-46(49)13-20-55(21-14-46)45(60)32-22-37(47)43(38(48)23-32)31-6-4-16-56(27-31)41-25-39(52-53-44(41)50)35-7-2-3-8-42(35)59/h2-3,5,7-10,17,22-26,31,33,51,59H,4,6,11-16,18-21,27-29H2,1H3,(H2,50,53)/i15D,29D/t15?,29-,31?/m1/s1. The minimum atomic E-state index is -1.48. The van der Waals surface area contributed by atoms with Crippen molar-refractivity contribution in [3.05, 3.63) is 107 Å². The zero-order chi connectivity index (χ0) is 43.3. The average Bonchev–Trinajstić information content (AvgIpc) is 3.59. The second-order valence-corrected chi connectivity index (χ2v) is 16.7. The van der Waals surface area contributed by atoms with E-state index < -0.39 is 42.3 Å². The molecule has 314 valence electrons. The minimum Gasteiger partial charge on any atom is -0.507 e. The van der Waals surface area contributed by atoms with Crippen LogP contribution in [0.1, 0.15) is 74.7 Å². The lowest BCUT2D eigenvalue weighted by Gasteiger charge is -2.41. The van der Waals surface area contributed by atoms with E-state index in [9.17, 15) is 9.90 Å². The number of amides is 1. The summed E-state index contributed by atoms with van der Waals surface area (Å²) in [5, 5.41) is 22.6. The van der Waals surface area contributed by atoms with Gasteiger partial charge in [-0.25, -0.2) is 13.2 Å². The highest BCUT2D eigenvalue weighted by atomic mass is 19.1. The first-order chi connectivity index (χ1) is 29.8. The van der Waals surface area contributed by atoms with Gasteiger partial charge in [-0.2, -0.15) is 0 Å². The third-order valence-electron chi connectivity index (χ3n) is 12.8. The number of phenols is 1. The van der Waals surface area contributed by atoms with E-state index in [0.29, 0.717) is 36.3 Å². The van der Waals surface area contributed by atoms with Crippen molar-refractivity contribution in [1.82, 2.24) is 29.9 Å². The Labute approximate surface area is 351 Å². The molecular formula is C46H52F3N9O2. The number of alkyl halides is 1. The number of nitrogens with two attached hydrogens (primary N) is 1. The number of para-hydroxylation sites is 1. The molecule has 2 unspecified atom stereocenters. The first kappa shape index (κ1) is 37.4. The summed E-state index contributed by atoms with van der Waals surface area (Å²) in [6.45, 7) is 3.67. The first-order valence-corrected chi connectivity index (χ1v) is 20.9. The van der Waals surface area contributed by atoms with E-state index in [4.69, 9.17) is 8.48 Å². The van der Waals surface area contributed by atoms with Crippen LogP contribution < -0.4 is 20.9 Å². The van der Waals surface area contributed by atoms with Crippen molar-refractivity contribution in [3.8, 4) is 17.0 Å². The molecule has 11 nitrogen and oxygen atoms in total. The molecule has 6 heterocycles. The van der Waals surface area contributed by atoms with E-state index in [1.165, 1.54) is 4.90 Å². The van der Waals surface area contributed by atoms with Gasteiger partial charge >= 0.3 is 0 Å². The Hall–Kier alpha value is -5.60. The molecule has 4 aliphatic rings. The molecule has 2 aromatic heterocycles. The van der Waals surface area contributed by atoms with Crippen LogP contribution >= 0.6 is 0 Å². The number of carbonyl (C=O) groups excluding carboxylic acids is 1. The highest BCUT2D eigenvalue weighted by Gasteiger charge is 2.39. The molecule has 0 bridgehead atoms. The number of aryl methyl sites for hydroxylation is 1. The molecule has 0 radical (unpaired) electrons. The largest absolute Gasteiger partial charge is 0.507 e. The van der Waals surface area contributed by atoms with Crippen LogP contribution in [0.3, 0.4) is 0 Å². The van der Waals surface area contributed by atoms with Crippen molar-refractivity contribution in [1.29, 1.82) is 0 Å². The summed E-state index contributed by atoms with van der Waals surface area (Å²) in [6, 6.07) is 17.2. The lowest BCUT2D eigenvalue weighted by atomic mass is 9.88. The SMILES string of the molecule is [2H]C1C=CN(c2ccc3c(c2)c(C)cn3C2CCN(CC3(F)CCN(C(=O)c4cc(F)c(C5CCCN(c6cc(-c7ccccc7O)nnc6N)C5)c(F)c4)CC3)CC2)[C@H]([2H])N1. The molecule has 3 saturated heterocycles. The number of aromatic nitrogens is 3. The number of nitrogen functional groups attached to an aromatic ring is 1. The van der Waals surface area contributed by atoms with E-state index >= 15 is 13.2 Å². The first-order valence-electron chi connectivity index (χ1n) is 22.0. The van der Waals surface area contributed by atoms with Gasteiger partial charge in [-0.1, -0.05) is 18.2 Å². The van der Waals surface area contributed by atoms with Crippen molar-refractivity contribution < 1.29 is 25.8 Å². The Kier molecular flexibility index (Phi) is 10.3. The number of piperidine rings is 3. The zero-order valence-electron chi connectivity index (χ0n) is 35.7. The van der Waals surface area contributed by atoms with E-state index in [1.807, 2.05) is 15.9 Å². The molecule has 5 aromatic rings. The number of nitrogens with zero attached hydrogens (tertiary/aromatic N) is 7. The maximum atomic E-state index is 16.4. The maximum absolute atomic E-state index is 16.4. The van der Waals surface area contributed by atoms with Crippen molar-refractivity contribution in [2.75, 3.05) is 74.5 Å². The van der Waals surface area contributed by atoms with Gasteiger partial charge in [0.05, 0.1) is 19.4 Å². The fraction of sp³-hybridized carbons (Fsp3) is 0.413. The molecule has 60 heavy (non-hydrogen) atoms. The topological polar surface area (TPSA) is 119 Å². The number of likely N-dealkylation sites (tertiary alicyclic amines) is 2. The van der Waals surface area contributed by atoms with Crippen LogP contribution in [-0.4, -0.2) is 100 Å². The Balaban J connectivity index is 0.796. The van der Waals surface area contributed by atoms with Gasteiger partial charge < -0.3 is 35.0 Å². The fourth-order valence-electron chi connectivity index (χ4n) is 9.60. The van der Waals surface area contributed by atoms with Gasteiger partial charge in [0.25, 0.3) is 5.91 Å². The van der Waals surface area contributed by atoms with Crippen LogP contribution in [-0.2, 0) is 0 Å². The van der Waals surface area contributed by atoms with Crippen molar-refractivity contribution in [3.63, 3.8) is 0 Å². The molecule has 9 rings (SSSR count). The predicted octanol–water partition coefficient (Wildman–Crippen LogP) is 7.52. The molecule has 0 saturated carbocycles. The second kappa shape index (κ2) is 16.5. The predicted molar refractivity (Wildman–Crippen MR) is 229 cm³/mol. The molecule has 1 amide bonds. The van der Waals surface area contributed by atoms with Crippen molar-refractivity contribution in [2.24, 2.45) is 0 Å². The van der Waals surface area contributed by atoms with Crippen molar-refractivity contribution in [2.45, 2.75) is 63.1 Å². The van der Waals surface area contributed by atoms with Crippen LogP contribution in [0.4, 0.5) is 30.4 Å². The molecular weight excluding hydrogens is 768 g/mol. The Bertz CT molecular complexity index is 2480. The van der Waals surface area contributed by atoms with E-state index in [0.717, 1.165) is 60.2 Å². The van der Waals surface area contributed by atoms with Crippen LogP contribution in [0, 0.1) is 18.6 Å². The summed E-state index contributed by atoms with van der Waals surface area (Å²) in [6.07, 6.45) is 8.89. The van der Waals surface area contributed by atoms with Gasteiger partial charge in [0.15, 0.2) is 5.82 Å². The number of phenolic OH excluding ortho intramolecular Hbond substituents is 1. The number of nitrogens with one attached hydrogen (secondary N) is 1. The summed E-state index contributed by atoms with van der Waals surface area (Å²) in [5.74, 6) is -2.40. The number of rotatable bonds is 8. The van der Waals surface area contributed by atoms with Gasteiger partial charge in [0.1, 0.15) is 23.1 Å². The number of hydrogen-bond donors (Lipinski definition) is 3. The second-order valence-electron chi connectivity index (χ2n) is 16.7. The van der Waals surface area contributed by atoms with Crippen LogP contribution in [0.5, 0.6) is 5.75 Å². The molecule has 3 fully saturated rings. The quantitative estimate of drug-likeness (QED) is 0.146. The van der Waals surface area contributed by atoms with Crippen LogP contribution in [0.25, 0.3) is 22.2 Å². The number of halogens is 3. The molecule has 14 heteroatoms. The van der Waals surface area contributed by atoms with E-state index in [2.05, 4.69) is 50.2 Å². The monoisotopic (exact) mass is 821 g/mol. The van der Waals surface area contributed by atoms with Gasteiger partial charge in [-0.15, -0.1) is 10.2 Å². The van der Waals surface area contributed by atoms with Crippen LogP contribution in [0.2, 0.25) is 0 Å². The Morgan fingerprint density at radius 1 is 1.00 bits per heavy atom. The summed E-state index contributed by atoms with van der Waals surface area (Å²) in [5.41, 5.74) is 9.20. The molecule has 0 spiro atoms. The third kappa shape index (κ3) is 7.90. The van der Waals surface area contributed by atoms with Crippen molar-refractivity contribution >= 4 is 34.0 Å². The Morgan fingerprint density at radius 3 is 2.52 bits per heavy atom. The highest BCUT2D eigenvalue weighted by Crippen LogP contribution is 2.38. The number of carbonyl (C=O) groups is 1. The third-order valence-corrected chi connectivity index (χ3v) is 12.8. The lowest BCUT2D eigenvalue weighted by Crippen LogP contribution is -2.51. The molecule has 3 atom stereocenters.